The molecule has 0 radical (unpaired) electrons. The Bertz CT molecular complexity index is 329. The number of rotatable bonds is 4. The van der Waals surface area contributed by atoms with Crippen LogP contribution in [0.5, 0.6) is 0 Å². The van der Waals surface area contributed by atoms with Gasteiger partial charge in [0.05, 0.1) is 25.3 Å². The van der Waals surface area contributed by atoms with E-state index in [-0.39, 0.29) is 5.24 Å². The molecule has 0 saturated heterocycles. The molecule has 1 heterocycles. The maximum absolute atomic E-state index is 11.0. The second-order valence-corrected chi connectivity index (χ2v) is 3.07. The SMILES string of the molecule is N#CCCN(Cc1ccco1)C(=O)S. The average molecular weight is 210 g/mol. The van der Waals surface area contributed by atoms with Crippen LogP contribution < -0.4 is 0 Å². The molecule has 1 rings (SSSR count). The highest BCUT2D eigenvalue weighted by atomic mass is 32.1. The minimum Gasteiger partial charge on any atom is -0.467 e. The van der Waals surface area contributed by atoms with E-state index in [2.05, 4.69) is 12.6 Å². The molecule has 5 heteroatoms. The molecule has 0 saturated carbocycles. The maximum Gasteiger partial charge on any atom is 0.278 e. The molecule has 74 valence electrons. The van der Waals surface area contributed by atoms with Crippen LogP contribution in [0.3, 0.4) is 0 Å². The first-order chi connectivity index (χ1) is 6.74. The van der Waals surface area contributed by atoms with Gasteiger partial charge in [0.1, 0.15) is 5.76 Å². The molecule has 0 unspecified atom stereocenters. The van der Waals surface area contributed by atoms with Crippen molar-refractivity contribution in [2.24, 2.45) is 0 Å². The summed E-state index contributed by atoms with van der Waals surface area (Å²) in [6, 6.07) is 5.50. The number of carbonyl (C=O) groups excluding carboxylic acids is 1. The molecule has 0 aromatic carbocycles. The first kappa shape index (κ1) is 10.7. The molecule has 4 nitrogen and oxygen atoms in total. The first-order valence-electron chi connectivity index (χ1n) is 4.11. The van der Waals surface area contributed by atoms with E-state index in [1.165, 1.54) is 4.90 Å². The Morgan fingerprint density at radius 3 is 3.00 bits per heavy atom. The van der Waals surface area contributed by atoms with Gasteiger partial charge >= 0.3 is 0 Å². The number of furan rings is 1. The second kappa shape index (κ2) is 5.35. The average Bonchev–Trinajstić information content (AvgIpc) is 2.64. The summed E-state index contributed by atoms with van der Waals surface area (Å²) in [4.78, 5) is 12.5. The Labute approximate surface area is 87.5 Å². The van der Waals surface area contributed by atoms with E-state index in [1.807, 2.05) is 6.07 Å². The molecular weight excluding hydrogens is 200 g/mol. The summed E-state index contributed by atoms with van der Waals surface area (Å²) >= 11 is 3.71. The summed E-state index contributed by atoms with van der Waals surface area (Å²) < 4.78 is 5.08. The largest absolute Gasteiger partial charge is 0.467 e. The number of carbonyl (C=O) groups is 1. The van der Waals surface area contributed by atoms with Gasteiger partial charge in [-0.25, -0.2) is 0 Å². The number of nitriles is 1. The van der Waals surface area contributed by atoms with E-state index in [4.69, 9.17) is 9.68 Å². The normalized spacial score (nSPS) is 9.43. The zero-order chi connectivity index (χ0) is 10.4. The van der Waals surface area contributed by atoms with E-state index < -0.39 is 0 Å². The van der Waals surface area contributed by atoms with Gasteiger partial charge in [-0.05, 0) is 12.1 Å². The van der Waals surface area contributed by atoms with Crippen molar-refractivity contribution in [1.29, 1.82) is 5.26 Å². The Kier molecular flexibility index (Phi) is 4.08. The molecule has 0 N–H and O–H groups in total. The van der Waals surface area contributed by atoms with Crippen LogP contribution in [0, 0.1) is 11.3 Å². The van der Waals surface area contributed by atoms with Crippen molar-refractivity contribution in [3.8, 4) is 6.07 Å². The Hall–Kier alpha value is -1.41. The van der Waals surface area contributed by atoms with Crippen molar-refractivity contribution in [2.75, 3.05) is 6.54 Å². The molecular formula is C9H10N2O2S. The van der Waals surface area contributed by atoms with Gasteiger partial charge in [-0.15, -0.1) is 0 Å². The first-order valence-corrected chi connectivity index (χ1v) is 4.56. The Morgan fingerprint density at radius 1 is 1.71 bits per heavy atom. The quantitative estimate of drug-likeness (QED) is 0.774. The van der Waals surface area contributed by atoms with E-state index >= 15 is 0 Å². The Morgan fingerprint density at radius 2 is 2.50 bits per heavy atom. The number of nitrogens with zero attached hydrogens (tertiary/aromatic N) is 2. The lowest BCUT2D eigenvalue weighted by Crippen LogP contribution is -2.26. The smallest absolute Gasteiger partial charge is 0.278 e. The number of hydrogen-bond donors (Lipinski definition) is 1. The summed E-state index contributed by atoms with van der Waals surface area (Å²) in [7, 11) is 0. The van der Waals surface area contributed by atoms with Crippen molar-refractivity contribution in [1.82, 2.24) is 4.90 Å². The third-order valence-electron chi connectivity index (χ3n) is 1.69. The summed E-state index contributed by atoms with van der Waals surface area (Å²) in [6.45, 7) is 0.733. The van der Waals surface area contributed by atoms with Gasteiger partial charge in [0, 0.05) is 6.54 Å². The van der Waals surface area contributed by atoms with Gasteiger partial charge in [-0.1, -0.05) is 12.6 Å². The number of hydrogen-bond acceptors (Lipinski definition) is 3. The number of amides is 1. The summed E-state index contributed by atoms with van der Waals surface area (Å²) in [5, 5.41) is 8.04. The van der Waals surface area contributed by atoms with Crippen LogP contribution in [0.25, 0.3) is 0 Å². The molecule has 14 heavy (non-hydrogen) atoms. The van der Waals surface area contributed by atoms with Crippen LogP contribution >= 0.6 is 12.6 Å². The topological polar surface area (TPSA) is 57.2 Å². The van der Waals surface area contributed by atoms with Crippen molar-refractivity contribution < 1.29 is 9.21 Å². The summed E-state index contributed by atoms with van der Waals surface area (Å²) in [5.74, 6) is 0.685. The minimum absolute atomic E-state index is 0.299. The predicted molar refractivity (Wildman–Crippen MR) is 53.7 cm³/mol. The third kappa shape index (κ3) is 3.15. The van der Waals surface area contributed by atoms with Crippen molar-refractivity contribution in [3.05, 3.63) is 24.2 Å². The van der Waals surface area contributed by atoms with Crippen LogP contribution in [0.4, 0.5) is 4.79 Å². The summed E-state index contributed by atoms with van der Waals surface area (Å²) in [5.41, 5.74) is 0. The minimum atomic E-state index is -0.350. The highest BCUT2D eigenvalue weighted by Gasteiger charge is 2.10. The lowest BCUT2D eigenvalue weighted by Gasteiger charge is -2.16. The molecule has 1 amide bonds. The van der Waals surface area contributed by atoms with Gasteiger partial charge in [0.25, 0.3) is 5.24 Å². The highest BCUT2D eigenvalue weighted by molar-refractivity contribution is 7.96. The Balaban J connectivity index is 2.52. The lowest BCUT2D eigenvalue weighted by atomic mass is 10.4. The molecule has 0 aliphatic carbocycles. The molecule has 0 spiro atoms. The molecule has 1 aromatic rings. The zero-order valence-electron chi connectivity index (χ0n) is 7.51. The van der Waals surface area contributed by atoms with Crippen LogP contribution in [0.1, 0.15) is 12.2 Å². The predicted octanol–water partition coefficient (Wildman–Crippen LogP) is 2.05. The van der Waals surface area contributed by atoms with E-state index in [0.29, 0.717) is 25.3 Å². The maximum atomic E-state index is 11.0. The molecule has 0 fully saturated rings. The van der Waals surface area contributed by atoms with Gasteiger partial charge < -0.3 is 9.32 Å². The van der Waals surface area contributed by atoms with Crippen molar-refractivity contribution in [2.45, 2.75) is 13.0 Å². The monoisotopic (exact) mass is 210 g/mol. The second-order valence-electron chi connectivity index (χ2n) is 2.69. The van der Waals surface area contributed by atoms with Crippen LogP contribution in [-0.4, -0.2) is 16.7 Å². The molecule has 0 atom stereocenters. The van der Waals surface area contributed by atoms with Crippen molar-refractivity contribution >= 4 is 17.9 Å². The highest BCUT2D eigenvalue weighted by Crippen LogP contribution is 2.08. The van der Waals surface area contributed by atoms with Gasteiger partial charge in [-0.2, -0.15) is 5.26 Å². The van der Waals surface area contributed by atoms with Crippen molar-refractivity contribution in [3.63, 3.8) is 0 Å². The third-order valence-corrected chi connectivity index (χ3v) is 1.97. The standard InChI is InChI=1S/C9H10N2O2S/c10-4-2-5-11(9(12)14)7-8-3-1-6-13-8/h1,3,6H,2,5,7H2,(H,12,14). The fourth-order valence-corrected chi connectivity index (χ4v) is 1.19. The lowest BCUT2D eigenvalue weighted by molar-refractivity contribution is 0.217. The zero-order valence-corrected chi connectivity index (χ0v) is 8.41. The summed E-state index contributed by atoms with van der Waals surface area (Å²) in [6.07, 6.45) is 1.84. The van der Waals surface area contributed by atoms with Crippen LogP contribution in [0.15, 0.2) is 22.8 Å². The van der Waals surface area contributed by atoms with Gasteiger partial charge in [0.15, 0.2) is 0 Å². The number of thiol groups is 1. The van der Waals surface area contributed by atoms with E-state index in [1.54, 1.807) is 18.4 Å². The van der Waals surface area contributed by atoms with E-state index in [9.17, 15) is 4.79 Å². The molecule has 1 aromatic heterocycles. The molecule has 0 bridgehead atoms. The molecule has 0 aliphatic rings. The van der Waals surface area contributed by atoms with Gasteiger partial charge in [0.2, 0.25) is 0 Å². The molecule has 0 aliphatic heterocycles. The van der Waals surface area contributed by atoms with Gasteiger partial charge in [-0.3, -0.25) is 4.79 Å². The fraction of sp³-hybridized carbons (Fsp3) is 0.333. The van der Waals surface area contributed by atoms with Crippen LogP contribution in [0.2, 0.25) is 0 Å². The van der Waals surface area contributed by atoms with E-state index in [0.717, 1.165) is 0 Å². The van der Waals surface area contributed by atoms with Crippen LogP contribution in [-0.2, 0) is 6.54 Å². The fourth-order valence-electron chi connectivity index (χ4n) is 1.02.